The zero-order valence-electron chi connectivity index (χ0n) is 22.2. The molecule has 196 valence electrons. The molecule has 0 spiro atoms. The Morgan fingerprint density at radius 1 is 1.16 bits per heavy atom. The van der Waals surface area contributed by atoms with Gasteiger partial charge >= 0.3 is 5.97 Å². The summed E-state index contributed by atoms with van der Waals surface area (Å²) < 4.78 is 8.13. The Bertz CT molecular complexity index is 1510. The summed E-state index contributed by atoms with van der Waals surface area (Å²) in [5.74, 6) is -0.0787. The van der Waals surface area contributed by atoms with Gasteiger partial charge in [0.2, 0.25) is 0 Å². The molecule has 7 nitrogen and oxygen atoms in total. The van der Waals surface area contributed by atoms with Crippen molar-refractivity contribution in [3.63, 3.8) is 0 Å². The first kappa shape index (κ1) is 24.6. The fraction of sp³-hybridized carbons (Fsp3) is 0.387. The van der Waals surface area contributed by atoms with Gasteiger partial charge in [-0.1, -0.05) is 54.6 Å². The minimum atomic E-state index is -0.808. The van der Waals surface area contributed by atoms with Crippen molar-refractivity contribution in [3.05, 3.63) is 88.0 Å². The maximum absolute atomic E-state index is 12.1. The summed E-state index contributed by atoms with van der Waals surface area (Å²) in [6, 6.07) is 19.3. The quantitative estimate of drug-likeness (QED) is 0.367. The van der Waals surface area contributed by atoms with E-state index in [0.717, 1.165) is 65.8 Å². The molecule has 1 aliphatic carbocycles. The van der Waals surface area contributed by atoms with Crippen molar-refractivity contribution in [1.82, 2.24) is 19.9 Å². The van der Waals surface area contributed by atoms with E-state index in [1.807, 2.05) is 32.2 Å². The van der Waals surface area contributed by atoms with Crippen molar-refractivity contribution >= 4 is 17.0 Å². The third-order valence-corrected chi connectivity index (χ3v) is 8.43. The number of aryl methyl sites for hydroxylation is 3. The minimum Gasteiger partial charge on any atom is -0.489 e. The number of fused-ring (bicyclic) bond motifs is 3. The summed E-state index contributed by atoms with van der Waals surface area (Å²) >= 11 is 0. The van der Waals surface area contributed by atoms with Crippen LogP contribution in [0, 0.1) is 6.92 Å². The van der Waals surface area contributed by atoms with E-state index in [1.54, 1.807) is 4.68 Å². The number of rotatable bonds is 6. The molecular formula is C31H34N4O3. The van der Waals surface area contributed by atoms with Crippen LogP contribution in [-0.2, 0) is 24.8 Å². The monoisotopic (exact) mass is 510 g/mol. The van der Waals surface area contributed by atoms with Gasteiger partial charge in [-0.15, -0.1) is 5.10 Å². The molecule has 6 rings (SSSR count). The highest BCUT2D eigenvalue weighted by atomic mass is 16.5. The lowest BCUT2D eigenvalue weighted by atomic mass is 9.84. The zero-order valence-corrected chi connectivity index (χ0v) is 22.2. The fourth-order valence-electron chi connectivity index (χ4n) is 6.36. The molecule has 0 radical (unpaired) electrons. The Morgan fingerprint density at radius 3 is 2.82 bits per heavy atom. The highest BCUT2D eigenvalue weighted by Crippen LogP contribution is 2.42. The molecule has 4 aromatic rings. The van der Waals surface area contributed by atoms with Gasteiger partial charge in [-0.05, 0) is 66.1 Å². The van der Waals surface area contributed by atoms with Gasteiger partial charge < -0.3 is 9.84 Å². The minimum absolute atomic E-state index is 0.0267. The van der Waals surface area contributed by atoms with Crippen molar-refractivity contribution in [1.29, 1.82) is 0 Å². The molecule has 0 bridgehead atoms. The maximum atomic E-state index is 12.1. The van der Waals surface area contributed by atoms with Crippen LogP contribution in [-0.4, -0.2) is 43.6 Å². The third-order valence-electron chi connectivity index (χ3n) is 8.43. The molecule has 1 aromatic heterocycles. The van der Waals surface area contributed by atoms with Gasteiger partial charge in [-0.3, -0.25) is 9.69 Å². The molecule has 3 aromatic carbocycles. The SMILES string of the molecule is CC[C@@H]1CN([C@@H]2CCc3ccc([C@H](CC(=O)O)c4ccc5c(nnn5C)c4C)cc32)Cc2ccccc2O1. The number of aromatic nitrogens is 3. The highest BCUT2D eigenvalue weighted by molar-refractivity contribution is 5.80. The Morgan fingerprint density at radius 2 is 2.00 bits per heavy atom. The molecule has 0 fully saturated rings. The topological polar surface area (TPSA) is 80.5 Å². The fourth-order valence-corrected chi connectivity index (χ4v) is 6.36. The second-order valence-electron chi connectivity index (χ2n) is 10.7. The van der Waals surface area contributed by atoms with Crippen molar-refractivity contribution in [3.8, 4) is 5.75 Å². The first-order valence-electron chi connectivity index (χ1n) is 13.5. The normalized spacial score (nSPS) is 20.0. The van der Waals surface area contributed by atoms with Crippen LogP contribution in [0.5, 0.6) is 5.75 Å². The van der Waals surface area contributed by atoms with Crippen LogP contribution in [0.15, 0.2) is 54.6 Å². The summed E-state index contributed by atoms with van der Waals surface area (Å²) in [5, 5.41) is 18.4. The van der Waals surface area contributed by atoms with E-state index in [1.165, 1.54) is 16.7 Å². The lowest BCUT2D eigenvalue weighted by Gasteiger charge is -2.30. The Kier molecular flexibility index (Phi) is 6.40. The van der Waals surface area contributed by atoms with E-state index in [-0.39, 0.29) is 24.5 Å². The first-order chi connectivity index (χ1) is 18.4. The average Bonchev–Trinajstić information content (AvgIpc) is 3.45. The number of nitrogens with zero attached hydrogens (tertiary/aromatic N) is 4. The zero-order chi connectivity index (χ0) is 26.4. The van der Waals surface area contributed by atoms with Crippen LogP contribution in [0.25, 0.3) is 11.0 Å². The predicted octanol–water partition coefficient (Wildman–Crippen LogP) is 5.54. The molecule has 0 unspecified atom stereocenters. The molecule has 2 heterocycles. The number of benzene rings is 3. The molecular weight excluding hydrogens is 476 g/mol. The molecule has 1 N–H and O–H groups in total. The molecule has 38 heavy (non-hydrogen) atoms. The van der Waals surface area contributed by atoms with Crippen molar-refractivity contribution in [2.75, 3.05) is 6.54 Å². The van der Waals surface area contributed by atoms with Crippen LogP contribution in [0.3, 0.4) is 0 Å². The van der Waals surface area contributed by atoms with E-state index < -0.39 is 5.97 Å². The van der Waals surface area contributed by atoms with E-state index in [2.05, 4.69) is 58.5 Å². The van der Waals surface area contributed by atoms with Crippen LogP contribution < -0.4 is 4.74 Å². The number of carbonyl (C=O) groups is 1. The van der Waals surface area contributed by atoms with Gasteiger partial charge in [0.1, 0.15) is 17.4 Å². The van der Waals surface area contributed by atoms with Crippen LogP contribution in [0.4, 0.5) is 0 Å². The van der Waals surface area contributed by atoms with Crippen molar-refractivity contribution in [2.45, 2.75) is 64.1 Å². The van der Waals surface area contributed by atoms with Crippen LogP contribution in [0.2, 0.25) is 0 Å². The Balaban J connectivity index is 1.39. The van der Waals surface area contributed by atoms with Crippen molar-refractivity contribution < 1.29 is 14.6 Å². The number of para-hydroxylation sites is 1. The molecule has 7 heteroatoms. The van der Waals surface area contributed by atoms with Gasteiger partial charge in [-0.25, -0.2) is 4.68 Å². The predicted molar refractivity (Wildman–Crippen MR) is 146 cm³/mol. The van der Waals surface area contributed by atoms with E-state index >= 15 is 0 Å². The van der Waals surface area contributed by atoms with E-state index in [4.69, 9.17) is 4.74 Å². The Labute approximate surface area is 223 Å². The molecule has 0 amide bonds. The van der Waals surface area contributed by atoms with E-state index in [0.29, 0.717) is 0 Å². The first-order valence-corrected chi connectivity index (χ1v) is 13.5. The van der Waals surface area contributed by atoms with Gasteiger partial charge in [0.05, 0.1) is 11.9 Å². The van der Waals surface area contributed by atoms with Gasteiger partial charge in [0.15, 0.2) is 0 Å². The number of carboxylic acid groups (broad SMARTS) is 1. The summed E-state index contributed by atoms with van der Waals surface area (Å²) in [6.07, 6.45) is 3.22. The number of ether oxygens (including phenoxy) is 1. The maximum Gasteiger partial charge on any atom is 0.304 e. The molecule has 2 aliphatic rings. The molecule has 0 saturated carbocycles. The number of carboxylic acids is 1. The lowest BCUT2D eigenvalue weighted by Crippen LogP contribution is -2.34. The summed E-state index contributed by atoms with van der Waals surface area (Å²) in [4.78, 5) is 14.6. The highest BCUT2D eigenvalue weighted by Gasteiger charge is 2.33. The number of aliphatic carboxylic acids is 1. The average molecular weight is 511 g/mol. The second kappa shape index (κ2) is 9.87. The summed E-state index contributed by atoms with van der Waals surface area (Å²) in [6.45, 7) is 5.93. The standard InChI is InChI=1S/C31H34N4O3/c1-4-23-18-35(17-22-7-5-6-8-29(22)38-23)27-13-11-20-9-10-21(15-26(20)27)25(16-30(36)37)24-12-14-28-31(19(24)2)32-33-34(28)3/h5-10,12,14-15,23,25,27H,4,11,13,16-18H2,1-3H3,(H,36,37)/t23-,25+,27-/m1/s1. The van der Waals surface area contributed by atoms with Gasteiger partial charge in [0, 0.05) is 37.7 Å². The van der Waals surface area contributed by atoms with E-state index in [9.17, 15) is 9.90 Å². The van der Waals surface area contributed by atoms with Gasteiger partial charge in [-0.2, -0.15) is 0 Å². The summed E-state index contributed by atoms with van der Waals surface area (Å²) in [7, 11) is 1.87. The lowest BCUT2D eigenvalue weighted by molar-refractivity contribution is -0.137. The number of hydrogen-bond acceptors (Lipinski definition) is 5. The third kappa shape index (κ3) is 4.35. The molecule has 3 atom stereocenters. The van der Waals surface area contributed by atoms with Crippen molar-refractivity contribution in [2.24, 2.45) is 7.05 Å². The van der Waals surface area contributed by atoms with Crippen LogP contribution in [0.1, 0.15) is 71.5 Å². The van der Waals surface area contributed by atoms with Crippen LogP contribution >= 0.6 is 0 Å². The van der Waals surface area contributed by atoms with Gasteiger partial charge in [0.25, 0.3) is 0 Å². The molecule has 1 aliphatic heterocycles. The second-order valence-corrected chi connectivity index (χ2v) is 10.7. The molecule has 0 saturated heterocycles. The smallest absolute Gasteiger partial charge is 0.304 e. The number of hydrogen-bond donors (Lipinski definition) is 1. The Hall–Kier alpha value is -3.71. The largest absolute Gasteiger partial charge is 0.489 e. The summed E-state index contributed by atoms with van der Waals surface area (Å²) in [5.41, 5.74) is 8.72.